The van der Waals surface area contributed by atoms with Gasteiger partial charge in [0.05, 0.1) is 57.3 Å². The highest BCUT2D eigenvalue weighted by Crippen LogP contribution is 2.49. The van der Waals surface area contributed by atoms with Crippen LogP contribution in [0.3, 0.4) is 0 Å². The molecule has 5 saturated carbocycles. The summed E-state index contributed by atoms with van der Waals surface area (Å²) in [5.41, 5.74) is 10.5. The molecule has 0 amide bonds. The molecule has 0 aromatic heterocycles. The van der Waals surface area contributed by atoms with Gasteiger partial charge in [-0.3, -0.25) is 38.9 Å². The summed E-state index contributed by atoms with van der Waals surface area (Å²) in [6, 6.07) is 101. The number of carbonyl (C=O) groups excluding carboxylic acids is 3. The monoisotopic (exact) mass is 2000 g/mol. The van der Waals surface area contributed by atoms with E-state index < -0.39 is 0 Å². The van der Waals surface area contributed by atoms with Crippen molar-refractivity contribution < 1.29 is 67.6 Å². The molecule has 0 radical (unpaired) electrons. The third kappa shape index (κ3) is 29.4. The highest BCUT2D eigenvalue weighted by atomic mass is 32.2. The summed E-state index contributed by atoms with van der Waals surface area (Å²) in [6.45, 7) is 21.3. The van der Waals surface area contributed by atoms with Crippen molar-refractivity contribution in [1.82, 2.24) is 24.5 Å². The van der Waals surface area contributed by atoms with Gasteiger partial charge >= 0.3 is 0 Å². The predicted molar refractivity (Wildman–Crippen MR) is 580 cm³/mol. The lowest BCUT2D eigenvalue weighted by atomic mass is 10.0. The number of thioether (sulfide) groups is 2. The van der Waals surface area contributed by atoms with Crippen molar-refractivity contribution in [3.8, 4) is 51.7 Å². The Bertz CT molecular complexity index is 6020. The first-order valence-electron chi connectivity index (χ1n) is 52.6. The summed E-state index contributed by atoms with van der Waals surface area (Å²) in [5.74, 6) is 13.7. The summed E-state index contributed by atoms with van der Waals surface area (Å²) in [4.78, 5) is 52.4. The second-order valence-electron chi connectivity index (χ2n) is 42.1. The van der Waals surface area contributed by atoms with Crippen molar-refractivity contribution in [3.05, 3.63) is 365 Å². The van der Waals surface area contributed by atoms with Crippen molar-refractivity contribution in [3.63, 3.8) is 0 Å². The molecule has 0 spiro atoms. The molecule has 146 heavy (non-hydrogen) atoms. The largest absolute Gasteiger partial charge is 0.508 e. The topological polar surface area (TPSA) is 202 Å². The average Bonchev–Trinajstić information content (AvgIpc) is 1.68. The molecule has 5 saturated heterocycles. The van der Waals surface area contributed by atoms with Crippen LogP contribution in [0.25, 0.3) is 0 Å². The SMILES string of the molecule is COC(CN1C[C@H]2CC(Oc3ccc(C)cc3)C[C@H]2C1)c1ccc(O)cc1.COC(CN1C[C@H]2CC(Oc3ccc(C)cc3)C[C@H]2C1)c1ccc(OCc2ccccc2)cc1.COc1ccc(SC2C[C@@H]3CN(CC(=O)c4ccc(O)cc4)C[C@@H]3C2)cc1.Cc1ccc(OC2C[C@@H]3CN(CC(=O)c4ccc(OCc5ccccc5)cc4)C[C@@H]3C2)cc1.O=C(CN1C[C@H]2CC(Sc3ccccc3)C[C@H]2C1)c1ccc(O)cc1. The maximum Gasteiger partial charge on any atom is 0.176 e. The van der Waals surface area contributed by atoms with Crippen LogP contribution in [-0.4, -0.2) is 205 Å². The van der Waals surface area contributed by atoms with E-state index in [1.807, 2.05) is 128 Å². The smallest absolute Gasteiger partial charge is 0.176 e. The number of phenols is 3. The normalized spacial score (nSPS) is 24.2. The molecule has 3 N–H and O–H groups in total. The zero-order valence-electron chi connectivity index (χ0n) is 85.2. The van der Waals surface area contributed by atoms with Gasteiger partial charge in [0.25, 0.3) is 0 Å². The highest BCUT2D eigenvalue weighted by molar-refractivity contribution is 8.00. The van der Waals surface area contributed by atoms with E-state index in [0.29, 0.717) is 102 Å². The van der Waals surface area contributed by atoms with Gasteiger partial charge in [-0.05, 0) is 336 Å². The molecular formula is C125H143N5O14S2. The van der Waals surface area contributed by atoms with Crippen LogP contribution in [0.1, 0.15) is 146 Å². The minimum absolute atomic E-state index is 0.0454. The van der Waals surface area contributed by atoms with Gasteiger partial charge in [0, 0.05) is 130 Å². The van der Waals surface area contributed by atoms with Gasteiger partial charge in [-0.2, -0.15) is 0 Å². The lowest BCUT2D eigenvalue weighted by molar-refractivity contribution is 0.0666. The molecule has 5 aliphatic heterocycles. The molecule has 5 aliphatic carbocycles. The van der Waals surface area contributed by atoms with Gasteiger partial charge in [-0.1, -0.05) is 156 Å². The van der Waals surface area contributed by atoms with Gasteiger partial charge < -0.3 is 53.2 Å². The lowest BCUT2D eigenvalue weighted by Gasteiger charge is -2.25. The molecule has 10 fully saturated rings. The Morgan fingerprint density at radius 2 is 0.541 bits per heavy atom. The zero-order valence-corrected chi connectivity index (χ0v) is 86.9. The maximum atomic E-state index is 12.8. The van der Waals surface area contributed by atoms with E-state index in [0.717, 1.165) is 204 Å². The quantitative estimate of drug-likeness (QED) is 0.0321. The number of methoxy groups -OCH3 is 3. The van der Waals surface area contributed by atoms with Crippen molar-refractivity contribution in [2.24, 2.45) is 59.2 Å². The minimum Gasteiger partial charge on any atom is -0.508 e. The molecule has 21 heteroatoms. The Balaban J connectivity index is 0.000000120. The number of ether oxygens (including phenoxy) is 8. The highest BCUT2D eigenvalue weighted by Gasteiger charge is 2.47. The first kappa shape index (κ1) is 104. The van der Waals surface area contributed by atoms with Gasteiger partial charge in [0.15, 0.2) is 17.3 Å². The number of carbonyl (C=O) groups is 3. The molecule has 12 aromatic carbocycles. The van der Waals surface area contributed by atoms with E-state index in [1.165, 1.54) is 63.3 Å². The number of rotatable bonds is 34. The van der Waals surface area contributed by atoms with E-state index in [2.05, 4.69) is 197 Å². The molecular weight excluding hydrogens is 1860 g/mol. The van der Waals surface area contributed by atoms with Gasteiger partial charge in [-0.15, -0.1) is 23.5 Å². The van der Waals surface area contributed by atoms with Crippen LogP contribution in [0, 0.1) is 80.0 Å². The number of aromatic hydroxyl groups is 3. The Labute approximate surface area is 871 Å². The fraction of sp³-hybridized carbons (Fsp3) is 0.400. The number of ketones is 3. The van der Waals surface area contributed by atoms with E-state index in [4.69, 9.17) is 37.9 Å². The number of hydrogen-bond donors (Lipinski definition) is 3. The summed E-state index contributed by atoms with van der Waals surface area (Å²) in [5, 5.41) is 29.6. The molecule has 12 aromatic rings. The molecule has 19 nitrogen and oxygen atoms in total. The Hall–Kier alpha value is -11.7. The van der Waals surface area contributed by atoms with Crippen molar-refractivity contribution >= 4 is 40.9 Å². The number of fused-ring (bicyclic) bond motifs is 5. The molecule has 17 atom stereocenters. The van der Waals surface area contributed by atoms with Gasteiger partial charge in [-0.25, -0.2) is 0 Å². The molecule has 764 valence electrons. The summed E-state index contributed by atoms with van der Waals surface area (Å²) in [6.07, 6.45) is 12.8. The third-order valence-electron chi connectivity index (χ3n) is 31.4. The number of aryl methyl sites for hydroxylation is 3. The van der Waals surface area contributed by atoms with Crippen LogP contribution in [-0.2, 0) is 22.7 Å². The van der Waals surface area contributed by atoms with E-state index in [9.17, 15) is 29.7 Å². The predicted octanol–water partition coefficient (Wildman–Crippen LogP) is 23.9. The first-order chi connectivity index (χ1) is 71.1. The summed E-state index contributed by atoms with van der Waals surface area (Å²) in [7, 11) is 5.27. The Morgan fingerprint density at radius 3 is 0.849 bits per heavy atom. The summed E-state index contributed by atoms with van der Waals surface area (Å²) < 4.78 is 47.3. The van der Waals surface area contributed by atoms with Crippen molar-refractivity contribution in [2.75, 3.05) is 120 Å². The van der Waals surface area contributed by atoms with Crippen LogP contribution >= 0.6 is 23.5 Å². The van der Waals surface area contributed by atoms with Crippen molar-refractivity contribution in [2.45, 2.75) is 149 Å². The molecule has 5 heterocycles. The number of Topliss-reactive ketones (excluding diaryl/α,β-unsaturated/α-hetero) is 3. The van der Waals surface area contributed by atoms with E-state index in [-0.39, 0.29) is 41.1 Å². The van der Waals surface area contributed by atoms with Crippen LogP contribution in [0.4, 0.5) is 0 Å². The van der Waals surface area contributed by atoms with Crippen LogP contribution in [0.2, 0.25) is 0 Å². The lowest BCUT2D eigenvalue weighted by Crippen LogP contribution is -2.30. The fourth-order valence-corrected chi connectivity index (χ4v) is 26.6. The fourth-order valence-electron chi connectivity index (χ4n) is 23.8. The van der Waals surface area contributed by atoms with Crippen LogP contribution < -0.4 is 28.4 Å². The maximum absolute atomic E-state index is 12.8. The molecule has 7 unspecified atom stereocenters. The van der Waals surface area contributed by atoms with E-state index in [1.54, 1.807) is 74.9 Å². The number of phenolic OH excluding ortho intramolecular Hbond substituents is 3. The molecule has 22 rings (SSSR count). The number of hydrogen-bond acceptors (Lipinski definition) is 21. The second kappa shape index (κ2) is 50.8. The number of benzene rings is 12. The van der Waals surface area contributed by atoms with Crippen LogP contribution in [0.15, 0.2) is 319 Å². The third-order valence-corrected chi connectivity index (χ3v) is 33.9. The first-order valence-corrected chi connectivity index (χ1v) is 54.3. The minimum atomic E-state index is 0.0454. The molecule has 10 aliphatic rings. The van der Waals surface area contributed by atoms with Crippen LogP contribution in [0.5, 0.6) is 51.7 Å². The number of nitrogens with zero attached hydrogens (tertiary/aromatic N) is 5. The average molecular weight is 2000 g/mol. The van der Waals surface area contributed by atoms with Gasteiger partial charge in [0.2, 0.25) is 0 Å². The number of likely N-dealkylation sites (tertiary alicyclic amines) is 5. The van der Waals surface area contributed by atoms with Crippen molar-refractivity contribution in [1.29, 1.82) is 0 Å². The Kier molecular flexibility index (Phi) is 36.3. The molecule has 0 bridgehead atoms. The van der Waals surface area contributed by atoms with Gasteiger partial charge in [0.1, 0.15) is 65.0 Å². The van der Waals surface area contributed by atoms with E-state index >= 15 is 0 Å². The second-order valence-corrected chi connectivity index (χ2v) is 44.9. The zero-order chi connectivity index (χ0) is 101. The standard InChI is InChI=1S/C30H35NO3.C29H31NO3.C23H29NO3.C22H25NO3S.C21H23NO2S/c1-22-8-12-28(13-9-22)34-29-16-25-18-31(19-26(25)17-29)20-30(32-2)24-10-14-27(15-11-24)33-21-23-6-4-3-5-7-23;1-21-7-11-27(12-8-21)33-28-15-24-17-30(18-25(24)16-28)19-29(31)23-9-13-26(14-10-23)32-20-22-5-3-2-4-6-22;1-16-3-9-21(10-4-16)27-22-11-18-13-24(14-19(18)12-22)15-23(26-2)17-5-7-20(25)8-6-17;1-26-19-6-8-20(9-7-19)27-21-10-16-12-23(13-17(16)11-21)14-22(25)15-2-4-18(24)5-3-15;23-18-8-6-15(7-9-18)21(24)14-22-12-16-10-20(11-17(16)13-22)25-19-4-2-1-3-5-19/h3-15,25-26,29-30H,16-21H2,1-2H3;2-14,24-25,28H,15-20H2,1H3;3-10,18-19,22-23,25H,11-15H2,1-2H3;2-9,16-17,21,24H,10-14H2,1H3;1-9,16-17,20,23H,10-14H2/t25-,26+,29?,30?;24-,25+,28?;18-,19+,22?,23?;16-,17+,21?;16-,17+,20?. The summed E-state index contributed by atoms with van der Waals surface area (Å²) >= 11 is 3.99. The Morgan fingerprint density at radius 1 is 0.288 bits per heavy atom.